The number of fused-ring (bicyclic) bond motifs is 1. The minimum absolute atomic E-state index is 0.0812. The molecule has 0 saturated carbocycles. The van der Waals surface area contributed by atoms with Gasteiger partial charge in [-0.25, -0.2) is 0 Å². The number of aryl methyl sites for hydroxylation is 3. The van der Waals surface area contributed by atoms with Crippen molar-refractivity contribution >= 4 is 23.2 Å². The van der Waals surface area contributed by atoms with Gasteiger partial charge in [-0.3, -0.25) is 9.59 Å². The average molecular weight is 459 g/mol. The van der Waals surface area contributed by atoms with E-state index in [4.69, 9.17) is 9.47 Å². The highest BCUT2D eigenvalue weighted by Crippen LogP contribution is 2.36. The predicted octanol–water partition coefficient (Wildman–Crippen LogP) is 5.07. The van der Waals surface area contributed by atoms with Crippen LogP contribution in [0, 0.1) is 13.8 Å². The molecule has 1 unspecified atom stereocenters. The fourth-order valence-electron chi connectivity index (χ4n) is 4.00. The second-order valence-electron chi connectivity index (χ2n) is 8.63. The lowest BCUT2D eigenvalue weighted by atomic mass is 10.1. The number of amides is 2. The molecular weight excluding hydrogens is 428 g/mol. The summed E-state index contributed by atoms with van der Waals surface area (Å²) in [6, 6.07) is 21.5. The molecule has 1 heterocycles. The minimum Gasteiger partial charge on any atom is -0.483 e. The molecule has 3 aromatic rings. The first-order chi connectivity index (χ1) is 16.4. The highest BCUT2D eigenvalue weighted by molar-refractivity contribution is 6.01. The Hall–Kier alpha value is -3.80. The van der Waals surface area contributed by atoms with Gasteiger partial charge in [0.25, 0.3) is 11.8 Å². The van der Waals surface area contributed by atoms with Crippen LogP contribution < -0.4 is 19.7 Å². The number of carbonyl (C=O) groups is 2. The molecule has 0 aliphatic carbocycles. The lowest BCUT2D eigenvalue weighted by molar-refractivity contribution is -0.125. The van der Waals surface area contributed by atoms with Crippen LogP contribution in [0.2, 0.25) is 0 Å². The minimum atomic E-state index is -0.546. The normalized spacial score (nSPS) is 14.9. The van der Waals surface area contributed by atoms with Gasteiger partial charge in [0.1, 0.15) is 11.5 Å². The van der Waals surface area contributed by atoms with E-state index in [1.54, 1.807) is 30.0 Å². The largest absolute Gasteiger partial charge is 0.483 e. The van der Waals surface area contributed by atoms with Gasteiger partial charge in [-0.15, -0.1) is 0 Å². The Labute approximate surface area is 200 Å². The second-order valence-corrected chi connectivity index (χ2v) is 8.63. The lowest BCUT2D eigenvalue weighted by Gasteiger charge is -2.33. The molecule has 2 amide bonds. The van der Waals surface area contributed by atoms with Crippen molar-refractivity contribution in [3.05, 3.63) is 83.4 Å². The number of anilines is 2. The van der Waals surface area contributed by atoms with E-state index in [1.165, 1.54) is 5.56 Å². The molecular formula is C28H30N2O4. The molecule has 34 heavy (non-hydrogen) atoms. The van der Waals surface area contributed by atoms with Crippen LogP contribution in [-0.2, 0) is 16.0 Å². The van der Waals surface area contributed by atoms with Gasteiger partial charge in [-0.05, 0) is 74.6 Å². The van der Waals surface area contributed by atoms with Crippen molar-refractivity contribution < 1.29 is 19.1 Å². The van der Waals surface area contributed by atoms with E-state index in [1.807, 2.05) is 50.2 Å². The molecule has 0 saturated heterocycles. The summed E-state index contributed by atoms with van der Waals surface area (Å²) < 4.78 is 11.5. The standard InChI is InChI=1S/C28H30N2O4/c1-19-11-12-20(2)26(16-19)33-18-27(31)29-23-13-14-25-24(17-23)30(28(32)21(3)34-25)15-7-10-22-8-5-4-6-9-22/h4-6,8-9,11-14,16-17,21H,7,10,15,18H2,1-3H3,(H,29,31). The topological polar surface area (TPSA) is 67.9 Å². The zero-order valence-electron chi connectivity index (χ0n) is 19.8. The maximum absolute atomic E-state index is 12.9. The van der Waals surface area contributed by atoms with E-state index in [0.717, 1.165) is 24.0 Å². The molecule has 176 valence electrons. The zero-order valence-corrected chi connectivity index (χ0v) is 19.8. The second kappa shape index (κ2) is 10.4. The maximum atomic E-state index is 12.9. The summed E-state index contributed by atoms with van der Waals surface area (Å²) in [6.07, 6.45) is 1.15. The van der Waals surface area contributed by atoms with Crippen LogP contribution in [0.15, 0.2) is 66.7 Å². The number of hydrogen-bond donors (Lipinski definition) is 1. The van der Waals surface area contributed by atoms with Crippen molar-refractivity contribution in [2.24, 2.45) is 0 Å². The summed E-state index contributed by atoms with van der Waals surface area (Å²) in [5.41, 5.74) is 4.54. The maximum Gasteiger partial charge on any atom is 0.267 e. The molecule has 0 spiro atoms. The lowest BCUT2D eigenvalue weighted by Crippen LogP contribution is -2.45. The number of ether oxygens (including phenoxy) is 2. The van der Waals surface area contributed by atoms with Gasteiger partial charge < -0.3 is 19.7 Å². The molecule has 1 aliphatic rings. The van der Waals surface area contributed by atoms with E-state index >= 15 is 0 Å². The quantitative estimate of drug-likeness (QED) is 0.512. The van der Waals surface area contributed by atoms with Crippen molar-refractivity contribution in [2.75, 3.05) is 23.4 Å². The molecule has 0 fully saturated rings. The van der Waals surface area contributed by atoms with Gasteiger partial charge in [0.05, 0.1) is 5.69 Å². The van der Waals surface area contributed by atoms with Crippen LogP contribution in [0.3, 0.4) is 0 Å². The van der Waals surface area contributed by atoms with Gasteiger partial charge in [-0.2, -0.15) is 0 Å². The number of nitrogens with zero attached hydrogens (tertiary/aromatic N) is 1. The summed E-state index contributed by atoms with van der Waals surface area (Å²) in [6.45, 7) is 6.15. The Morgan fingerprint density at radius 3 is 2.65 bits per heavy atom. The highest BCUT2D eigenvalue weighted by atomic mass is 16.5. The van der Waals surface area contributed by atoms with Gasteiger partial charge >= 0.3 is 0 Å². The van der Waals surface area contributed by atoms with Gasteiger partial charge in [0.15, 0.2) is 12.7 Å². The highest BCUT2D eigenvalue weighted by Gasteiger charge is 2.31. The fraction of sp³-hybridized carbons (Fsp3) is 0.286. The molecule has 6 heteroatoms. The van der Waals surface area contributed by atoms with Crippen LogP contribution in [-0.4, -0.2) is 31.1 Å². The monoisotopic (exact) mass is 458 g/mol. The van der Waals surface area contributed by atoms with Crippen molar-refractivity contribution in [3.63, 3.8) is 0 Å². The predicted molar refractivity (Wildman–Crippen MR) is 134 cm³/mol. The Morgan fingerprint density at radius 1 is 1.06 bits per heavy atom. The number of nitrogens with one attached hydrogen (secondary N) is 1. The van der Waals surface area contributed by atoms with Gasteiger partial charge in [-0.1, -0.05) is 42.5 Å². The molecule has 0 radical (unpaired) electrons. The molecule has 1 atom stereocenters. The molecule has 3 aromatic carbocycles. The Balaban J connectivity index is 1.42. The third kappa shape index (κ3) is 5.57. The summed E-state index contributed by atoms with van der Waals surface area (Å²) >= 11 is 0. The van der Waals surface area contributed by atoms with E-state index in [0.29, 0.717) is 29.4 Å². The van der Waals surface area contributed by atoms with Crippen LogP contribution in [0.5, 0.6) is 11.5 Å². The van der Waals surface area contributed by atoms with Crippen molar-refractivity contribution in [2.45, 2.75) is 39.7 Å². The molecule has 1 N–H and O–H groups in total. The number of hydrogen-bond acceptors (Lipinski definition) is 4. The van der Waals surface area contributed by atoms with Gasteiger partial charge in [0.2, 0.25) is 0 Å². The van der Waals surface area contributed by atoms with Crippen LogP contribution in [0.25, 0.3) is 0 Å². The number of carbonyl (C=O) groups excluding carboxylic acids is 2. The summed E-state index contributed by atoms with van der Waals surface area (Å²) in [4.78, 5) is 27.2. The van der Waals surface area contributed by atoms with Gasteiger partial charge in [0, 0.05) is 12.2 Å². The first-order valence-electron chi connectivity index (χ1n) is 11.6. The first kappa shape index (κ1) is 23.4. The molecule has 4 rings (SSSR count). The van der Waals surface area contributed by atoms with E-state index in [-0.39, 0.29) is 18.4 Å². The van der Waals surface area contributed by atoms with Crippen molar-refractivity contribution in [3.8, 4) is 11.5 Å². The average Bonchev–Trinajstić information content (AvgIpc) is 2.83. The Bertz CT molecular complexity index is 1180. The van der Waals surface area contributed by atoms with E-state index in [2.05, 4.69) is 17.4 Å². The Morgan fingerprint density at radius 2 is 1.85 bits per heavy atom. The zero-order chi connectivity index (χ0) is 24.1. The number of benzene rings is 3. The van der Waals surface area contributed by atoms with Crippen LogP contribution in [0.1, 0.15) is 30.0 Å². The molecule has 6 nitrogen and oxygen atoms in total. The third-order valence-electron chi connectivity index (χ3n) is 5.84. The van der Waals surface area contributed by atoms with E-state index < -0.39 is 6.10 Å². The Kier molecular flexibility index (Phi) is 7.16. The summed E-state index contributed by atoms with van der Waals surface area (Å²) in [7, 11) is 0. The van der Waals surface area contributed by atoms with Crippen molar-refractivity contribution in [1.29, 1.82) is 0 Å². The van der Waals surface area contributed by atoms with Crippen molar-refractivity contribution in [1.82, 2.24) is 0 Å². The number of rotatable bonds is 8. The first-order valence-corrected chi connectivity index (χ1v) is 11.6. The SMILES string of the molecule is Cc1ccc(C)c(OCC(=O)Nc2ccc3c(c2)N(CCCc2ccccc2)C(=O)C(C)O3)c1. The van der Waals surface area contributed by atoms with E-state index in [9.17, 15) is 9.59 Å². The summed E-state index contributed by atoms with van der Waals surface area (Å²) in [5.74, 6) is 0.977. The molecule has 0 aromatic heterocycles. The fourth-order valence-corrected chi connectivity index (χ4v) is 4.00. The molecule has 0 bridgehead atoms. The molecule has 1 aliphatic heterocycles. The van der Waals surface area contributed by atoms with Crippen LogP contribution >= 0.6 is 0 Å². The summed E-state index contributed by atoms with van der Waals surface area (Å²) in [5, 5.41) is 2.87. The van der Waals surface area contributed by atoms with Crippen LogP contribution in [0.4, 0.5) is 11.4 Å². The smallest absolute Gasteiger partial charge is 0.267 e. The third-order valence-corrected chi connectivity index (χ3v) is 5.84.